The van der Waals surface area contributed by atoms with Crippen molar-refractivity contribution < 1.29 is 9.45 Å². The molecular weight excluding hydrogens is 248 g/mol. The summed E-state index contributed by atoms with van der Waals surface area (Å²) in [6, 6.07) is 6.38. The molecule has 1 saturated heterocycles. The van der Waals surface area contributed by atoms with E-state index in [1.807, 2.05) is 0 Å². The summed E-state index contributed by atoms with van der Waals surface area (Å²) in [6.07, 6.45) is 0.709. The van der Waals surface area contributed by atoms with Gasteiger partial charge in [-0.15, -0.1) is 0 Å². The van der Waals surface area contributed by atoms with Crippen molar-refractivity contribution in [1.82, 2.24) is 15.5 Å². The first-order valence-corrected chi connectivity index (χ1v) is 6.01. The van der Waals surface area contributed by atoms with Gasteiger partial charge in [-0.3, -0.25) is 10.1 Å². The highest BCUT2D eigenvalue weighted by Gasteiger charge is 2.23. The van der Waals surface area contributed by atoms with E-state index >= 15 is 0 Å². The van der Waals surface area contributed by atoms with Gasteiger partial charge in [0.2, 0.25) is 11.7 Å². The molecule has 2 heterocycles. The van der Waals surface area contributed by atoms with Gasteiger partial charge in [0.25, 0.3) is 5.69 Å². The zero-order chi connectivity index (χ0) is 13.2. The molecule has 1 aliphatic rings. The average molecular weight is 260 g/mol. The topological polar surface area (TPSA) is 94.1 Å². The minimum Gasteiger partial charge on any atom is -0.339 e. The summed E-state index contributed by atoms with van der Waals surface area (Å²) >= 11 is 0. The molecular formula is C12H12N4O3. The van der Waals surface area contributed by atoms with Crippen LogP contribution in [-0.2, 0) is 6.42 Å². The Hall–Kier alpha value is -2.28. The fourth-order valence-electron chi connectivity index (χ4n) is 2.01. The maximum Gasteiger partial charge on any atom is 0.280 e. The number of hydrogen-bond acceptors (Lipinski definition) is 6. The van der Waals surface area contributed by atoms with Gasteiger partial charge in [-0.1, -0.05) is 17.3 Å². The molecule has 0 amide bonds. The van der Waals surface area contributed by atoms with Crippen LogP contribution in [0, 0.1) is 16.0 Å². The van der Waals surface area contributed by atoms with Crippen LogP contribution in [0.25, 0.3) is 11.4 Å². The second-order valence-corrected chi connectivity index (χ2v) is 4.51. The van der Waals surface area contributed by atoms with E-state index < -0.39 is 4.92 Å². The Morgan fingerprint density at radius 2 is 2.21 bits per heavy atom. The van der Waals surface area contributed by atoms with Gasteiger partial charge in [0, 0.05) is 12.5 Å². The minimum absolute atomic E-state index is 0.0137. The van der Waals surface area contributed by atoms with Crippen molar-refractivity contribution in [3.63, 3.8) is 0 Å². The maximum absolute atomic E-state index is 10.9. The number of para-hydroxylation sites is 1. The van der Waals surface area contributed by atoms with Crippen molar-refractivity contribution >= 4 is 5.69 Å². The summed E-state index contributed by atoms with van der Waals surface area (Å²) in [5.74, 6) is 1.31. The zero-order valence-corrected chi connectivity index (χ0v) is 10.1. The third-order valence-corrected chi connectivity index (χ3v) is 3.14. The zero-order valence-electron chi connectivity index (χ0n) is 10.1. The number of hydrogen-bond donors (Lipinski definition) is 1. The van der Waals surface area contributed by atoms with Crippen LogP contribution < -0.4 is 5.32 Å². The molecule has 1 aliphatic heterocycles. The third-order valence-electron chi connectivity index (χ3n) is 3.14. The van der Waals surface area contributed by atoms with E-state index in [4.69, 9.17) is 4.52 Å². The van der Waals surface area contributed by atoms with Gasteiger partial charge < -0.3 is 9.84 Å². The van der Waals surface area contributed by atoms with Crippen molar-refractivity contribution in [2.45, 2.75) is 6.42 Å². The van der Waals surface area contributed by atoms with Crippen LogP contribution >= 0.6 is 0 Å². The lowest BCUT2D eigenvalue weighted by atomic mass is 10.00. The van der Waals surface area contributed by atoms with Gasteiger partial charge in [-0.05, 0) is 25.1 Å². The summed E-state index contributed by atoms with van der Waals surface area (Å²) in [6.45, 7) is 1.90. The lowest BCUT2D eigenvalue weighted by Gasteiger charge is -2.25. The molecule has 1 N–H and O–H groups in total. The van der Waals surface area contributed by atoms with Gasteiger partial charge in [0.15, 0.2) is 0 Å². The molecule has 3 rings (SSSR count). The van der Waals surface area contributed by atoms with Crippen LogP contribution in [0.15, 0.2) is 28.8 Å². The molecule has 7 nitrogen and oxygen atoms in total. The first-order chi connectivity index (χ1) is 9.24. The monoisotopic (exact) mass is 260 g/mol. The molecule has 1 aromatic carbocycles. The van der Waals surface area contributed by atoms with Crippen LogP contribution in [0.5, 0.6) is 0 Å². The van der Waals surface area contributed by atoms with Crippen molar-refractivity contribution in [1.29, 1.82) is 0 Å². The van der Waals surface area contributed by atoms with E-state index in [0.29, 0.717) is 23.8 Å². The molecule has 0 spiro atoms. The molecule has 1 fully saturated rings. The molecule has 19 heavy (non-hydrogen) atoms. The van der Waals surface area contributed by atoms with E-state index in [1.54, 1.807) is 18.2 Å². The summed E-state index contributed by atoms with van der Waals surface area (Å²) in [4.78, 5) is 14.7. The molecule has 7 heteroatoms. The number of nitrogens with one attached hydrogen (secondary N) is 1. The van der Waals surface area contributed by atoms with Crippen molar-refractivity contribution in [3.8, 4) is 11.4 Å². The van der Waals surface area contributed by atoms with Crippen LogP contribution in [-0.4, -0.2) is 28.2 Å². The smallest absolute Gasteiger partial charge is 0.280 e. The van der Waals surface area contributed by atoms with E-state index in [9.17, 15) is 10.1 Å². The normalized spacial score (nSPS) is 15.2. The lowest BCUT2D eigenvalue weighted by Crippen LogP contribution is -2.43. The molecule has 2 aromatic rings. The van der Waals surface area contributed by atoms with Crippen molar-refractivity contribution in [3.05, 3.63) is 40.3 Å². The lowest BCUT2D eigenvalue weighted by molar-refractivity contribution is -0.384. The molecule has 0 radical (unpaired) electrons. The van der Waals surface area contributed by atoms with Crippen molar-refractivity contribution in [2.75, 3.05) is 13.1 Å². The summed E-state index contributed by atoms with van der Waals surface area (Å²) in [7, 11) is 0. The Labute approximate surface area is 108 Å². The molecule has 0 atom stereocenters. The first-order valence-electron chi connectivity index (χ1n) is 6.01. The maximum atomic E-state index is 10.9. The number of rotatable bonds is 4. The van der Waals surface area contributed by atoms with E-state index in [2.05, 4.69) is 15.5 Å². The predicted octanol–water partition coefficient (Wildman–Crippen LogP) is 1.41. The van der Waals surface area contributed by atoms with Crippen LogP contribution in [0.3, 0.4) is 0 Å². The average Bonchev–Trinajstić information content (AvgIpc) is 2.82. The van der Waals surface area contributed by atoms with E-state index in [0.717, 1.165) is 13.1 Å². The fraction of sp³-hybridized carbons (Fsp3) is 0.333. The predicted molar refractivity (Wildman–Crippen MR) is 66.5 cm³/mol. The van der Waals surface area contributed by atoms with Gasteiger partial charge >= 0.3 is 0 Å². The minimum atomic E-state index is -0.443. The van der Waals surface area contributed by atoms with Gasteiger partial charge in [-0.25, -0.2) is 0 Å². The summed E-state index contributed by atoms with van der Waals surface area (Å²) in [5, 5.41) is 17.9. The summed E-state index contributed by atoms with van der Waals surface area (Å²) in [5.41, 5.74) is 0.370. The van der Waals surface area contributed by atoms with Gasteiger partial charge in [0.05, 0.1) is 4.92 Å². The molecule has 0 aliphatic carbocycles. The first kappa shape index (κ1) is 11.8. The highest BCUT2D eigenvalue weighted by Crippen LogP contribution is 2.27. The fourth-order valence-corrected chi connectivity index (χ4v) is 2.01. The van der Waals surface area contributed by atoms with Crippen LogP contribution in [0.1, 0.15) is 5.89 Å². The van der Waals surface area contributed by atoms with Crippen molar-refractivity contribution in [2.24, 2.45) is 5.92 Å². The SMILES string of the molecule is O=[N+]([O-])c1ccccc1-c1noc(CC2CNC2)n1. The third kappa shape index (κ3) is 2.32. The number of nitro benzene ring substituents is 1. The number of benzene rings is 1. The van der Waals surface area contributed by atoms with Crippen LogP contribution in [0.2, 0.25) is 0 Å². The highest BCUT2D eigenvalue weighted by atomic mass is 16.6. The van der Waals surface area contributed by atoms with Gasteiger partial charge in [-0.2, -0.15) is 4.98 Å². The summed E-state index contributed by atoms with van der Waals surface area (Å²) < 4.78 is 5.15. The standard InChI is InChI=1S/C12H12N4O3/c17-16(18)10-4-2-1-3-9(10)12-14-11(19-15-12)5-8-6-13-7-8/h1-4,8,13H,5-7H2. The Bertz CT molecular complexity index is 607. The Balaban J connectivity index is 1.87. The largest absolute Gasteiger partial charge is 0.339 e. The molecule has 0 bridgehead atoms. The Morgan fingerprint density at radius 3 is 2.89 bits per heavy atom. The number of nitro groups is 1. The second kappa shape index (κ2) is 4.77. The Kier molecular flexibility index (Phi) is 2.96. The van der Waals surface area contributed by atoms with Crippen LogP contribution in [0.4, 0.5) is 5.69 Å². The molecule has 98 valence electrons. The Morgan fingerprint density at radius 1 is 1.42 bits per heavy atom. The van der Waals surface area contributed by atoms with Gasteiger partial charge in [0.1, 0.15) is 5.56 Å². The molecule has 0 saturated carbocycles. The highest BCUT2D eigenvalue weighted by molar-refractivity contribution is 5.67. The van der Waals surface area contributed by atoms with E-state index in [1.165, 1.54) is 6.07 Å². The molecule has 0 unspecified atom stereocenters. The van der Waals surface area contributed by atoms with E-state index in [-0.39, 0.29) is 11.5 Å². The molecule has 1 aromatic heterocycles. The quantitative estimate of drug-likeness (QED) is 0.659. The number of nitrogens with zero attached hydrogens (tertiary/aromatic N) is 3. The number of aromatic nitrogens is 2. The second-order valence-electron chi connectivity index (χ2n) is 4.51.